The Morgan fingerprint density at radius 2 is 2.25 bits per heavy atom. The lowest BCUT2D eigenvalue weighted by Crippen LogP contribution is -2.42. The first-order valence-electron chi connectivity index (χ1n) is 6.97. The minimum absolute atomic E-state index is 0.0726. The highest BCUT2D eigenvalue weighted by molar-refractivity contribution is 5.92. The molecule has 6 heteroatoms. The van der Waals surface area contributed by atoms with Gasteiger partial charge < -0.3 is 15.0 Å². The molecule has 1 atom stereocenters. The number of anilines is 1. The lowest BCUT2D eigenvalue weighted by atomic mass is 10.1. The van der Waals surface area contributed by atoms with E-state index in [1.165, 1.54) is 19.0 Å². The zero-order valence-electron chi connectivity index (χ0n) is 12.3. The molecule has 1 aromatic rings. The quantitative estimate of drug-likeness (QED) is 0.816. The third-order valence-electron chi connectivity index (χ3n) is 3.72. The molecule has 1 amide bonds. The molecule has 1 N–H and O–H groups in total. The van der Waals surface area contributed by atoms with Gasteiger partial charge in [-0.05, 0) is 25.7 Å². The summed E-state index contributed by atoms with van der Waals surface area (Å²) < 4.78 is 5.11. The molecule has 1 aliphatic rings. The van der Waals surface area contributed by atoms with Gasteiger partial charge in [-0.2, -0.15) is 0 Å². The molecule has 0 bridgehead atoms. The van der Waals surface area contributed by atoms with Gasteiger partial charge in [0.25, 0.3) is 5.91 Å². The number of amides is 1. The largest absolute Gasteiger partial charge is 0.383 e. The van der Waals surface area contributed by atoms with Gasteiger partial charge in [-0.25, -0.2) is 9.97 Å². The van der Waals surface area contributed by atoms with E-state index in [9.17, 15) is 4.79 Å². The van der Waals surface area contributed by atoms with E-state index in [1.54, 1.807) is 20.4 Å². The van der Waals surface area contributed by atoms with Crippen LogP contribution in [0.2, 0.25) is 0 Å². The molecule has 0 radical (unpaired) electrons. The van der Waals surface area contributed by atoms with Crippen molar-refractivity contribution >= 4 is 11.7 Å². The second kappa shape index (κ2) is 6.65. The number of ether oxygens (including phenoxy) is 1. The van der Waals surface area contributed by atoms with Crippen LogP contribution in [0.5, 0.6) is 0 Å². The summed E-state index contributed by atoms with van der Waals surface area (Å²) in [5.74, 6) is 1.19. The molecule has 1 aromatic heterocycles. The van der Waals surface area contributed by atoms with Crippen molar-refractivity contribution in [1.29, 1.82) is 0 Å². The van der Waals surface area contributed by atoms with Gasteiger partial charge >= 0.3 is 0 Å². The van der Waals surface area contributed by atoms with E-state index < -0.39 is 0 Å². The maximum absolute atomic E-state index is 12.6. The average molecular weight is 278 g/mol. The Bertz CT molecular complexity index is 445. The van der Waals surface area contributed by atoms with E-state index in [0.29, 0.717) is 30.6 Å². The maximum atomic E-state index is 12.6. The summed E-state index contributed by atoms with van der Waals surface area (Å²) in [5.41, 5.74) is 0.382. The Labute approximate surface area is 119 Å². The number of carbonyl (C=O) groups is 1. The van der Waals surface area contributed by atoms with E-state index in [0.717, 1.165) is 0 Å². The molecule has 0 saturated heterocycles. The van der Waals surface area contributed by atoms with Crippen LogP contribution in [0.1, 0.15) is 30.3 Å². The average Bonchev–Trinajstić information content (AvgIpc) is 3.32. The highest BCUT2D eigenvalue weighted by Gasteiger charge is 2.34. The molecule has 0 aliphatic heterocycles. The Kier molecular flexibility index (Phi) is 4.89. The van der Waals surface area contributed by atoms with E-state index in [4.69, 9.17) is 4.74 Å². The van der Waals surface area contributed by atoms with Crippen molar-refractivity contribution in [3.63, 3.8) is 0 Å². The minimum Gasteiger partial charge on any atom is -0.383 e. The summed E-state index contributed by atoms with van der Waals surface area (Å²) >= 11 is 0. The molecule has 6 nitrogen and oxygen atoms in total. The van der Waals surface area contributed by atoms with Gasteiger partial charge in [0.1, 0.15) is 11.5 Å². The lowest BCUT2D eigenvalue weighted by Gasteiger charge is -2.28. The van der Waals surface area contributed by atoms with Crippen LogP contribution >= 0.6 is 0 Å². The van der Waals surface area contributed by atoms with Gasteiger partial charge in [0.15, 0.2) is 0 Å². The van der Waals surface area contributed by atoms with Gasteiger partial charge in [-0.15, -0.1) is 0 Å². The molecule has 1 unspecified atom stereocenters. The second-order valence-electron chi connectivity index (χ2n) is 5.11. The molecule has 1 saturated carbocycles. The molecular formula is C14H22N4O2. The summed E-state index contributed by atoms with van der Waals surface area (Å²) in [6.07, 6.45) is 5.49. The zero-order valence-corrected chi connectivity index (χ0v) is 12.3. The van der Waals surface area contributed by atoms with Crippen LogP contribution in [0.15, 0.2) is 12.4 Å². The molecular weight excluding hydrogens is 256 g/mol. The minimum atomic E-state index is -0.0726. The van der Waals surface area contributed by atoms with Crippen molar-refractivity contribution in [2.75, 3.05) is 32.6 Å². The van der Waals surface area contributed by atoms with Crippen molar-refractivity contribution in [2.24, 2.45) is 5.92 Å². The maximum Gasteiger partial charge on any atom is 0.274 e. The Hall–Kier alpha value is -1.69. The lowest BCUT2D eigenvalue weighted by molar-refractivity contribution is 0.0588. The molecule has 0 aromatic carbocycles. The number of hydrogen-bond donors (Lipinski definition) is 1. The van der Waals surface area contributed by atoms with Crippen LogP contribution < -0.4 is 5.32 Å². The normalized spacial score (nSPS) is 15.8. The third-order valence-corrected chi connectivity index (χ3v) is 3.72. The number of nitrogens with zero attached hydrogens (tertiary/aromatic N) is 3. The highest BCUT2D eigenvalue weighted by Crippen LogP contribution is 2.35. The first-order chi connectivity index (χ1) is 9.67. The first kappa shape index (κ1) is 14.7. The molecule has 1 fully saturated rings. The van der Waals surface area contributed by atoms with Crippen molar-refractivity contribution in [3.05, 3.63) is 18.1 Å². The van der Waals surface area contributed by atoms with E-state index in [-0.39, 0.29) is 11.9 Å². The Balaban J connectivity index is 2.10. The van der Waals surface area contributed by atoms with E-state index in [2.05, 4.69) is 22.2 Å². The molecule has 0 spiro atoms. The predicted octanol–water partition coefficient (Wildman–Crippen LogP) is 1.41. The summed E-state index contributed by atoms with van der Waals surface area (Å²) in [6.45, 7) is 3.22. The number of aromatic nitrogens is 2. The number of hydrogen-bond acceptors (Lipinski definition) is 5. The van der Waals surface area contributed by atoms with Gasteiger partial charge in [0, 0.05) is 26.7 Å². The SMILES string of the molecule is CNc1cnc(C(=O)N(CCOC)C(C)C2CC2)cn1. The van der Waals surface area contributed by atoms with Crippen molar-refractivity contribution in [2.45, 2.75) is 25.8 Å². The molecule has 2 rings (SSSR count). The number of methoxy groups -OCH3 is 1. The Morgan fingerprint density at radius 3 is 2.75 bits per heavy atom. The smallest absolute Gasteiger partial charge is 0.274 e. The fourth-order valence-corrected chi connectivity index (χ4v) is 2.23. The molecule has 1 aliphatic carbocycles. The van der Waals surface area contributed by atoms with Crippen molar-refractivity contribution in [3.8, 4) is 0 Å². The summed E-state index contributed by atoms with van der Waals surface area (Å²) in [5, 5.41) is 2.89. The van der Waals surface area contributed by atoms with Crippen LogP contribution in [0.3, 0.4) is 0 Å². The van der Waals surface area contributed by atoms with Crippen LogP contribution in [0, 0.1) is 5.92 Å². The number of rotatable bonds is 7. The summed E-state index contributed by atoms with van der Waals surface area (Å²) in [4.78, 5) is 22.8. The Morgan fingerprint density at radius 1 is 1.50 bits per heavy atom. The molecule has 110 valence electrons. The van der Waals surface area contributed by atoms with Crippen LogP contribution in [0.4, 0.5) is 5.82 Å². The van der Waals surface area contributed by atoms with E-state index >= 15 is 0 Å². The van der Waals surface area contributed by atoms with Crippen LogP contribution in [0.25, 0.3) is 0 Å². The molecule has 20 heavy (non-hydrogen) atoms. The summed E-state index contributed by atoms with van der Waals surface area (Å²) in [7, 11) is 3.41. The highest BCUT2D eigenvalue weighted by atomic mass is 16.5. The van der Waals surface area contributed by atoms with Crippen molar-refractivity contribution < 1.29 is 9.53 Å². The van der Waals surface area contributed by atoms with E-state index in [1.807, 2.05) is 4.90 Å². The van der Waals surface area contributed by atoms with Crippen LogP contribution in [-0.2, 0) is 4.74 Å². The molecule has 1 heterocycles. The number of carbonyl (C=O) groups excluding carboxylic acids is 1. The predicted molar refractivity (Wildman–Crippen MR) is 76.7 cm³/mol. The fourth-order valence-electron chi connectivity index (χ4n) is 2.23. The standard InChI is InChI=1S/C14H22N4O2/c1-10(11-4-5-11)18(6-7-20-3)14(19)12-8-17-13(15-2)9-16-12/h8-11H,4-7H2,1-3H3,(H,15,17). The van der Waals surface area contributed by atoms with Gasteiger partial charge in [-0.3, -0.25) is 4.79 Å². The summed E-state index contributed by atoms with van der Waals surface area (Å²) in [6, 6.07) is 0.225. The van der Waals surface area contributed by atoms with Crippen LogP contribution in [-0.4, -0.2) is 54.1 Å². The fraction of sp³-hybridized carbons (Fsp3) is 0.643. The van der Waals surface area contributed by atoms with Gasteiger partial charge in [0.2, 0.25) is 0 Å². The van der Waals surface area contributed by atoms with Gasteiger partial charge in [-0.1, -0.05) is 0 Å². The zero-order chi connectivity index (χ0) is 14.5. The number of nitrogens with one attached hydrogen (secondary N) is 1. The topological polar surface area (TPSA) is 67.4 Å². The second-order valence-corrected chi connectivity index (χ2v) is 5.11. The van der Waals surface area contributed by atoms with Crippen molar-refractivity contribution in [1.82, 2.24) is 14.9 Å². The monoisotopic (exact) mass is 278 g/mol. The third kappa shape index (κ3) is 3.45. The van der Waals surface area contributed by atoms with Gasteiger partial charge in [0.05, 0.1) is 19.0 Å². The first-order valence-corrected chi connectivity index (χ1v) is 6.97.